The van der Waals surface area contributed by atoms with Crippen LogP contribution in [0.15, 0.2) is 18.2 Å². The summed E-state index contributed by atoms with van der Waals surface area (Å²) < 4.78 is 0. The monoisotopic (exact) mass is 252 g/mol. The van der Waals surface area contributed by atoms with Gasteiger partial charge in [0.15, 0.2) is 0 Å². The lowest BCUT2D eigenvalue weighted by Gasteiger charge is -2.20. The van der Waals surface area contributed by atoms with E-state index < -0.39 is 0 Å². The van der Waals surface area contributed by atoms with E-state index in [1.54, 1.807) is 0 Å². The van der Waals surface area contributed by atoms with E-state index in [0.29, 0.717) is 18.0 Å². The first-order valence-corrected chi connectivity index (χ1v) is 6.64. The Bertz CT molecular complexity index is 401. The molecule has 2 rings (SSSR count). The minimum Gasteiger partial charge on any atom is -0.382 e. The Morgan fingerprint density at radius 1 is 1.47 bits per heavy atom. The molecule has 1 aliphatic carbocycles. The molecular formula is C14H21ClN2. The molecule has 17 heavy (non-hydrogen) atoms. The number of nitrogens with one attached hydrogen (secondary N) is 1. The van der Waals surface area contributed by atoms with Gasteiger partial charge >= 0.3 is 0 Å². The summed E-state index contributed by atoms with van der Waals surface area (Å²) in [4.78, 5) is 0. The largest absolute Gasteiger partial charge is 0.382 e. The molecule has 1 aliphatic rings. The molecule has 94 valence electrons. The van der Waals surface area contributed by atoms with Gasteiger partial charge in [0, 0.05) is 28.9 Å². The van der Waals surface area contributed by atoms with Crippen LogP contribution in [0, 0.1) is 5.41 Å². The topological polar surface area (TPSA) is 38.0 Å². The van der Waals surface area contributed by atoms with Crippen molar-refractivity contribution >= 4 is 17.3 Å². The number of halogens is 1. The molecule has 1 unspecified atom stereocenters. The van der Waals surface area contributed by atoms with Crippen molar-refractivity contribution in [2.75, 3.05) is 5.32 Å². The van der Waals surface area contributed by atoms with Crippen molar-refractivity contribution in [2.45, 2.75) is 45.7 Å². The molecule has 0 bridgehead atoms. The van der Waals surface area contributed by atoms with Crippen molar-refractivity contribution in [2.24, 2.45) is 11.1 Å². The van der Waals surface area contributed by atoms with Gasteiger partial charge in [-0.05, 0) is 36.8 Å². The lowest BCUT2D eigenvalue weighted by Crippen LogP contribution is -2.19. The van der Waals surface area contributed by atoms with Crippen molar-refractivity contribution in [1.29, 1.82) is 0 Å². The highest BCUT2D eigenvalue weighted by Gasteiger charge is 2.30. The second kappa shape index (κ2) is 4.87. The maximum Gasteiger partial charge on any atom is 0.0471 e. The summed E-state index contributed by atoms with van der Waals surface area (Å²) in [6, 6.07) is 6.49. The standard InChI is InChI=1S/C14H21ClN2/c1-14(2)7-6-10(8-14)17-13-5-3-4-12(15)11(13)9-16/h3-5,10,17H,6-9,16H2,1-2H3. The highest BCUT2D eigenvalue weighted by atomic mass is 35.5. The van der Waals surface area contributed by atoms with E-state index in [0.717, 1.165) is 16.3 Å². The van der Waals surface area contributed by atoms with Crippen LogP contribution < -0.4 is 11.1 Å². The van der Waals surface area contributed by atoms with E-state index in [9.17, 15) is 0 Å². The van der Waals surface area contributed by atoms with E-state index in [1.165, 1.54) is 19.3 Å². The maximum absolute atomic E-state index is 6.15. The number of anilines is 1. The summed E-state index contributed by atoms with van der Waals surface area (Å²) in [5, 5.41) is 4.35. The zero-order valence-corrected chi connectivity index (χ0v) is 11.3. The molecule has 3 heteroatoms. The molecule has 0 saturated heterocycles. The number of rotatable bonds is 3. The van der Waals surface area contributed by atoms with Crippen molar-refractivity contribution < 1.29 is 0 Å². The predicted octanol–water partition coefficient (Wildman–Crippen LogP) is 3.79. The van der Waals surface area contributed by atoms with E-state index in [4.69, 9.17) is 17.3 Å². The van der Waals surface area contributed by atoms with Gasteiger partial charge in [0.25, 0.3) is 0 Å². The SMILES string of the molecule is CC1(C)CCC(Nc2cccc(Cl)c2CN)C1. The molecule has 0 radical (unpaired) electrons. The average molecular weight is 253 g/mol. The fourth-order valence-electron chi connectivity index (χ4n) is 2.68. The first kappa shape index (κ1) is 12.7. The van der Waals surface area contributed by atoms with Crippen LogP contribution in [0.2, 0.25) is 5.02 Å². The van der Waals surface area contributed by atoms with E-state index in [2.05, 4.69) is 25.2 Å². The van der Waals surface area contributed by atoms with Gasteiger partial charge < -0.3 is 11.1 Å². The number of nitrogens with two attached hydrogens (primary N) is 1. The van der Waals surface area contributed by atoms with Gasteiger partial charge in [-0.15, -0.1) is 0 Å². The minimum atomic E-state index is 0.457. The highest BCUT2D eigenvalue weighted by Crippen LogP contribution is 2.39. The van der Waals surface area contributed by atoms with Gasteiger partial charge in [0.05, 0.1) is 0 Å². The fraction of sp³-hybridized carbons (Fsp3) is 0.571. The van der Waals surface area contributed by atoms with Crippen LogP contribution in [0.5, 0.6) is 0 Å². The third kappa shape index (κ3) is 2.93. The van der Waals surface area contributed by atoms with Gasteiger partial charge in [-0.3, -0.25) is 0 Å². The first-order valence-electron chi connectivity index (χ1n) is 6.26. The van der Waals surface area contributed by atoms with Crippen LogP contribution >= 0.6 is 11.6 Å². The molecular weight excluding hydrogens is 232 g/mol. The normalized spacial score (nSPS) is 22.7. The molecule has 1 atom stereocenters. The number of hydrogen-bond acceptors (Lipinski definition) is 2. The zero-order chi connectivity index (χ0) is 12.5. The van der Waals surface area contributed by atoms with Crippen molar-refractivity contribution in [1.82, 2.24) is 0 Å². The minimum absolute atomic E-state index is 0.457. The molecule has 0 aromatic heterocycles. The van der Waals surface area contributed by atoms with Gasteiger partial charge in [0.2, 0.25) is 0 Å². The quantitative estimate of drug-likeness (QED) is 0.859. The zero-order valence-electron chi connectivity index (χ0n) is 10.6. The third-order valence-corrected chi connectivity index (χ3v) is 4.01. The van der Waals surface area contributed by atoms with Crippen molar-refractivity contribution in [3.63, 3.8) is 0 Å². The number of benzene rings is 1. The Balaban J connectivity index is 2.12. The van der Waals surface area contributed by atoms with Crippen LogP contribution in [0.4, 0.5) is 5.69 Å². The number of hydrogen-bond donors (Lipinski definition) is 2. The molecule has 0 heterocycles. The molecule has 1 aromatic carbocycles. The lowest BCUT2D eigenvalue weighted by atomic mass is 9.92. The summed E-state index contributed by atoms with van der Waals surface area (Å²) in [6.45, 7) is 5.14. The molecule has 0 amide bonds. The van der Waals surface area contributed by atoms with Gasteiger partial charge in [-0.2, -0.15) is 0 Å². The molecule has 3 N–H and O–H groups in total. The van der Waals surface area contributed by atoms with E-state index >= 15 is 0 Å². The second-order valence-electron chi connectivity index (χ2n) is 5.72. The van der Waals surface area contributed by atoms with Crippen LogP contribution in [0.25, 0.3) is 0 Å². The predicted molar refractivity (Wildman–Crippen MR) is 74.4 cm³/mol. The summed E-state index contributed by atoms with van der Waals surface area (Å²) >= 11 is 6.15. The van der Waals surface area contributed by atoms with Crippen LogP contribution in [-0.2, 0) is 6.54 Å². The highest BCUT2D eigenvalue weighted by molar-refractivity contribution is 6.31. The molecule has 0 aliphatic heterocycles. The Morgan fingerprint density at radius 3 is 2.82 bits per heavy atom. The molecule has 1 aromatic rings. The van der Waals surface area contributed by atoms with E-state index in [-0.39, 0.29) is 0 Å². The Morgan fingerprint density at radius 2 is 2.24 bits per heavy atom. The molecule has 1 saturated carbocycles. The Kier molecular flexibility index (Phi) is 3.64. The van der Waals surface area contributed by atoms with E-state index in [1.807, 2.05) is 12.1 Å². The van der Waals surface area contributed by atoms with Gasteiger partial charge in [0.1, 0.15) is 0 Å². The third-order valence-electron chi connectivity index (χ3n) is 3.65. The summed E-state index contributed by atoms with van der Waals surface area (Å²) in [7, 11) is 0. The summed E-state index contributed by atoms with van der Waals surface area (Å²) in [5.74, 6) is 0. The van der Waals surface area contributed by atoms with Crippen molar-refractivity contribution in [3.05, 3.63) is 28.8 Å². The summed E-state index contributed by atoms with van der Waals surface area (Å²) in [5.41, 5.74) is 8.34. The van der Waals surface area contributed by atoms with Gasteiger partial charge in [-0.1, -0.05) is 31.5 Å². The molecule has 2 nitrogen and oxygen atoms in total. The Hall–Kier alpha value is -0.730. The van der Waals surface area contributed by atoms with Crippen LogP contribution in [0.1, 0.15) is 38.7 Å². The summed E-state index contributed by atoms with van der Waals surface area (Å²) in [6.07, 6.45) is 3.72. The lowest BCUT2D eigenvalue weighted by molar-refractivity contribution is 0.378. The molecule has 0 spiro atoms. The van der Waals surface area contributed by atoms with Crippen LogP contribution in [0.3, 0.4) is 0 Å². The van der Waals surface area contributed by atoms with Crippen LogP contribution in [-0.4, -0.2) is 6.04 Å². The van der Waals surface area contributed by atoms with Gasteiger partial charge in [-0.25, -0.2) is 0 Å². The first-order chi connectivity index (χ1) is 8.02. The smallest absolute Gasteiger partial charge is 0.0471 e. The fourth-order valence-corrected chi connectivity index (χ4v) is 2.93. The van der Waals surface area contributed by atoms with Crippen molar-refractivity contribution in [3.8, 4) is 0 Å². The molecule has 1 fully saturated rings. The Labute approximate surface area is 109 Å². The average Bonchev–Trinajstić information content (AvgIpc) is 2.58. The maximum atomic E-state index is 6.15. The second-order valence-corrected chi connectivity index (χ2v) is 6.13.